The van der Waals surface area contributed by atoms with Crippen LogP contribution in [-0.2, 0) is 0 Å². The van der Waals surface area contributed by atoms with Gasteiger partial charge in [0.1, 0.15) is 0 Å². The van der Waals surface area contributed by atoms with E-state index in [-0.39, 0.29) is 0 Å². The Bertz CT molecular complexity index is 160. The Morgan fingerprint density at radius 1 is 1.07 bits per heavy atom. The number of hydrogen-bond donors (Lipinski definition) is 1. The van der Waals surface area contributed by atoms with Crippen molar-refractivity contribution in [3.05, 3.63) is 0 Å². The van der Waals surface area contributed by atoms with Crippen molar-refractivity contribution in [3.8, 4) is 6.07 Å². The summed E-state index contributed by atoms with van der Waals surface area (Å²) in [5.41, 5.74) is 0. The van der Waals surface area contributed by atoms with Crippen LogP contribution in [0.25, 0.3) is 0 Å². The molecular formula is C13H26N2. The molecule has 0 aromatic carbocycles. The van der Waals surface area contributed by atoms with Gasteiger partial charge in [-0.2, -0.15) is 5.26 Å². The van der Waals surface area contributed by atoms with Crippen molar-refractivity contribution in [3.63, 3.8) is 0 Å². The minimum absolute atomic E-state index is 0.703. The summed E-state index contributed by atoms with van der Waals surface area (Å²) in [6, 6.07) is 2.89. The maximum absolute atomic E-state index is 8.40. The van der Waals surface area contributed by atoms with Gasteiger partial charge in [0.15, 0.2) is 0 Å². The Morgan fingerprint density at radius 3 is 2.47 bits per heavy atom. The molecule has 0 heterocycles. The van der Waals surface area contributed by atoms with Gasteiger partial charge in [-0.3, -0.25) is 0 Å². The third-order valence-electron chi connectivity index (χ3n) is 2.69. The highest BCUT2D eigenvalue weighted by atomic mass is 14.9. The predicted octanol–water partition coefficient (Wildman–Crippen LogP) is 3.63. The molecule has 0 aromatic rings. The van der Waals surface area contributed by atoms with E-state index in [1.165, 1.54) is 32.1 Å². The summed E-state index contributed by atoms with van der Waals surface area (Å²) < 4.78 is 0. The topological polar surface area (TPSA) is 35.8 Å². The summed E-state index contributed by atoms with van der Waals surface area (Å²) in [6.45, 7) is 5.57. The van der Waals surface area contributed by atoms with E-state index in [2.05, 4.69) is 25.2 Å². The van der Waals surface area contributed by atoms with Crippen molar-refractivity contribution >= 4 is 0 Å². The van der Waals surface area contributed by atoms with Gasteiger partial charge in [0.05, 0.1) is 6.07 Å². The highest BCUT2D eigenvalue weighted by Gasteiger charge is 2.05. The molecule has 88 valence electrons. The fraction of sp³-hybridized carbons (Fsp3) is 0.923. The van der Waals surface area contributed by atoms with Crippen LogP contribution in [0.4, 0.5) is 0 Å². The molecule has 2 nitrogen and oxygen atoms in total. The molecule has 0 saturated heterocycles. The summed E-state index contributed by atoms with van der Waals surface area (Å²) in [5.74, 6) is 0. The average molecular weight is 210 g/mol. The molecule has 2 heteroatoms. The lowest BCUT2D eigenvalue weighted by Crippen LogP contribution is -2.29. The number of nitrogens with one attached hydrogen (secondary N) is 1. The van der Waals surface area contributed by atoms with E-state index in [0.717, 1.165) is 19.4 Å². The first-order chi connectivity index (χ1) is 7.35. The lowest BCUT2D eigenvalue weighted by Gasteiger charge is -2.17. The maximum atomic E-state index is 8.40. The van der Waals surface area contributed by atoms with Crippen molar-refractivity contribution in [2.45, 2.75) is 71.3 Å². The molecule has 15 heavy (non-hydrogen) atoms. The molecule has 0 fully saturated rings. The van der Waals surface area contributed by atoms with E-state index in [1.54, 1.807) is 0 Å². The first kappa shape index (κ1) is 14.5. The zero-order chi connectivity index (χ0) is 11.4. The highest BCUT2D eigenvalue weighted by molar-refractivity contribution is 4.70. The van der Waals surface area contributed by atoms with Crippen LogP contribution in [0.1, 0.15) is 65.2 Å². The molecule has 0 spiro atoms. The van der Waals surface area contributed by atoms with Crippen LogP contribution in [0.2, 0.25) is 0 Å². The monoisotopic (exact) mass is 210 g/mol. The van der Waals surface area contributed by atoms with Gasteiger partial charge in [-0.1, -0.05) is 33.1 Å². The fourth-order valence-electron chi connectivity index (χ4n) is 1.78. The second-order valence-corrected chi connectivity index (χ2v) is 4.20. The number of nitrogens with zero attached hydrogens (tertiary/aromatic N) is 1. The van der Waals surface area contributed by atoms with Crippen molar-refractivity contribution in [1.29, 1.82) is 5.26 Å². The van der Waals surface area contributed by atoms with Crippen LogP contribution >= 0.6 is 0 Å². The highest BCUT2D eigenvalue weighted by Crippen LogP contribution is 2.07. The molecule has 1 atom stereocenters. The maximum Gasteiger partial charge on any atom is 0.0621 e. The number of hydrogen-bond acceptors (Lipinski definition) is 2. The third kappa shape index (κ3) is 9.75. The van der Waals surface area contributed by atoms with Crippen LogP contribution in [0.5, 0.6) is 0 Å². The Kier molecular flexibility index (Phi) is 11.1. The van der Waals surface area contributed by atoms with E-state index in [9.17, 15) is 0 Å². The van der Waals surface area contributed by atoms with Crippen molar-refractivity contribution in [2.24, 2.45) is 0 Å². The van der Waals surface area contributed by atoms with Gasteiger partial charge in [-0.15, -0.1) is 0 Å². The van der Waals surface area contributed by atoms with Gasteiger partial charge in [0.2, 0.25) is 0 Å². The standard InChI is InChI=1S/C13H26N2/c1-3-5-10-13(9-4-2)15-12-8-6-7-11-14/h13,15H,3-10,12H2,1-2H3. The lowest BCUT2D eigenvalue weighted by molar-refractivity contribution is 0.430. The number of rotatable bonds is 10. The number of unbranched alkanes of at least 4 members (excludes halogenated alkanes) is 3. The quantitative estimate of drug-likeness (QED) is 0.559. The molecule has 0 rings (SSSR count). The summed E-state index contributed by atoms with van der Waals surface area (Å²) >= 11 is 0. The van der Waals surface area contributed by atoms with E-state index in [0.29, 0.717) is 12.5 Å². The first-order valence-corrected chi connectivity index (χ1v) is 6.45. The van der Waals surface area contributed by atoms with Crippen LogP contribution in [0.3, 0.4) is 0 Å². The Balaban J connectivity index is 3.43. The molecule has 0 aromatic heterocycles. The zero-order valence-electron chi connectivity index (χ0n) is 10.4. The number of nitriles is 1. The van der Waals surface area contributed by atoms with Gasteiger partial charge in [0, 0.05) is 12.5 Å². The van der Waals surface area contributed by atoms with Gasteiger partial charge in [-0.25, -0.2) is 0 Å². The van der Waals surface area contributed by atoms with Crippen molar-refractivity contribution < 1.29 is 0 Å². The second-order valence-electron chi connectivity index (χ2n) is 4.20. The van der Waals surface area contributed by atoms with Crippen molar-refractivity contribution in [2.75, 3.05) is 6.54 Å². The van der Waals surface area contributed by atoms with Gasteiger partial charge < -0.3 is 5.32 Å². The molecule has 0 aliphatic carbocycles. The molecule has 1 N–H and O–H groups in total. The second kappa shape index (κ2) is 11.5. The average Bonchev–Trinajstić information content (AvgIpc) is 2.25. The molecule has 0 aliphatic heterocycles. The van der Waals surface area contributed by atoms with Gasteiger partial charge in [-0.05, 0) is 32.2 Å². The molecule has 0 saturated carbocycles. The van der Waals surface area contributed by atoms with E-state index in [1.807, 2.05) is 0 Å². The SMILES string of the molecule is CCCCC(CCC)NCCCCC#N. The normalized spacial score (nSPS) is 12.3. The zero-order valence-corrected chi connectivity index (χ0v) is 10.4. The first-order valence-electron chi connectivity index (χ1n) is 6.45. The fourth-order valence-corrected chi connectivity index (χ4v) is 1.78. The summed E-state index contributed by atoms with van der Waals surface area (Å²) in [4.78, 5) is 0. The van der Waals surface area contributed by atoms with E-state index in [4.69, 9.17) is 5.26 Å². The van der Waals surface area contributed by atoms with Gasteiger partial charge in [0.25, 0.3) is 0 Å². The molecule has 0 bridgehead atoms. The smallest absolute Gasteiger partial charge is 0.0621 e. The summed E-state index contributed by atoms with van der Waals surface area (Å²) in [5, 5.41) is 12.0. The van der Waals surface area contributed by atoms with Crippen LogP contribution < -0.4 is 5.32 Å². The Hall–Kier alpha value is -0.550. The Morgan fingerprint density at radius 2 is 1.87 bits per heavy atom. The van der Waals surface area contributed by atoms with Crippen molar-refractivity contribution in [1.82, 2.24) is 5.32 Å². The van der Waals surface area contributed by atoms with Crippen LogP contribution in [0, 0.1) is 11.3 Å². The molecule has 0 amide bonds. The van der Waals surface area contributed by atoms with Crippen LogP contribution in [0.15, 0.2) is 0 Å². The minimum atomic E-state index is 0.703. The van der Waals surface area contributed by atoms with Crippen LogP contribution in [-0.4, -0.2) is 12.6 Å². The molecule has 1 unspecified atom stereocenters. The Labute approximate surface area is 95.1 Å². The summed E-state index contributed by atoms with van der Waals surface area (Å²) in [6.07, 6.45) is 9.36. The molecule has 0 radical (unpaired) electrons. The third-order valence-corrected chi connectivity index (χ3v) is 2.69. The minimum Gasteiger partial charge on any atom is -0.314 e. The van der Waals surface area contributed by atoms with Gasteiger partial charge >= 0.3 is 0 Å². The predicted molar refractivity (Wildman–Crippen MR) is 65.7 cm³/mol. The lowest BCUT2D eigenvalue weighted by atomic mass is 10.0. The summed E-state index contributed by atoms with van der Waals surface area (Å²) in [7, 11) is 0. The van der Waals surface area contributed by atoms with E-state index < -0.39 is 0 Å². The van der Waals surface area contributed by atoms with E-state index >= 15 is 0 Å². The molecular weight excluding hydrogens is 184 g/mol. The largest absolute Gasteiger partial charge is 0.314 e. The molecule has 0 aliphatic rings.